The first-order valence-corrected chi connectivity index (χ1v) is 9.70. The molecule has 128 valence electrons. The van der Waals surface area contributed by atoms with E-state index in [0.29, 0.717) is 26.2 Å². The summed E-state index contributed by atoms with van der Waals surface area (Å²) in [5.74, 6) is 0.837. The normalized spacial score (nSPS) is 18.4. The van der Waals surface area contributed by atoms with Crippen LogP contribution in [0.4, 0.5) is 0 Å². The molecule has 0 N–H and O–H groups in total. The summed E-state index contributed by atoms with van der Waals surface area (Å²) in [6.07, 6.45) is 3.47. The standard InChI is InChI=1S/C17H22N4O2S/c1-15(17-18-8-5-9-19-17)20-10-12-21(13-11-20)24(22,23)14-16-6-3-2-4-7-16/h2-9,15H,10-14H2,1H3. The Bertz CT molecular complexity index is 745. The molecule has 24 heavy (non-hydrogen) atoms. The molecule has 1 aromatic carbocycles. The molecule has 0 aliphatic carbocycles. The monoisotopic (exact) mass is 346 g/mol. The van der Waals surface area contributed by atoms with Gasteiger partial charge in [-0.05, 0) is 18.6 Å². The minimum atomic E-state index is -3.27. The third-order valence-corrected chi connectivity index (χ3v) is 6.22. The van der Waals surface area contributed by atoms with Crippen LogP contribution in [0.3, 0.4) is 0 Å². The van der Waals surface area contributed by atoms with E-state index in [4.69, 9.17) is 0 Å². The van der Waals surface area contributed by atoms with E-state index < -0.39 is 10.0 Å². The van der Waals surface area contributed by atoms with Crippen LogP contribution in [0.1, 0.15) is 24.4 Å². The van der Waals surface area contributed by atoms with Crippen molar-refractivity contribution >= 4 is 10.0 Å². The van der Waals surface area contributed by atoms with E-state index in [1.807, 2.05) is 30.3 Å². The van der Waals surface area contributed by atoms with Gasteiger partial charge in [-0.3, -0.25) is 4.90 Å². The highest BCUT2D eigenvalue weighted by atomic mass is 32.2. The summed E-state index contributed by atoms with van der Waals surface area (Å²) in [5, 5.41) is 0. The number of benzene rings is 1. The third-order valence-electron chi connectivity index (χ3n) is 4.37. The molecule has 0 radical (unpaired) electrons. The van der Waals surface area contributed by atoms with E-state index in [0.717, 1.165) is 11.4 Å². The number of aromatic nitrogens is 2. The molecule has 1 aliphatic heterocycles. The highest BCUT2D eigenvalue weighted by Gasteiger charge is 2.29. The number of hydrogen-bond acceptors (Lipinski definition) is 5. The summed E-state index contributed by atoms with van der Waals surface area (Å²) in [6, 6.07) is 11.2. The molecular weight excluding hydrogens is 324 g/mol. The lowest BCUT2D eigenvalue weighted by atomic mass is 10.2. The van der Waals surface area contributed by atoms with Gasteiger partial charge in [-0.15, -0.1) is 0 Å². The van der Waals surface area contributed by atoms with Gasteiger partial charge in [0.2, 0.25) is 10.0 Å². The van der Waals surface area contributed by atoms with Gasteiger partial charge in [-0.25, -0.2) is 18.4 Å². The molecule has 1 fully saturated rings. The zero-order valence-corrected chi connectivity index (χ0v) is 14.6. The lowest BCUT2D eigenvalue weighted by Gasteiger charge is -2.36. The Morgan fingerprint density at radius 1 is 1.00 bits per heavy atom. The quantitative estimate of drug-likeness (QED) is 0.824. The Morgan fingerprint density at radius 3 is 2.25 bits per heavy atom. The lowest BCUT2D eigenvalue weighted by Crippen LogP contribution is -2.49. The third kappa shape index (κ3) is 3.98. The van der Waals surface area contributed by atoms with E-state index in [2.05, 4.69) is 21.8 Å². The van der Waals surface area contributed by atoms with Gasteiger partial charge in [-0.1, -0.05) is 30.3 Å². The highest BCUT2D eigenvalue weighted by Crippen LogP contribution is 2.20. The molecule has 0 spiro atoms. The van der Waals surface area contributed by atoms with Crippen molar-refractivity contribution in [1.82, 2.24) is 19.2 Å². The Balaban J connectivity index is 1.60. The number of nitrogens with zero attached hydrogens (tertiary/aromatic N) is 4. The van der Waals surface area contributed by atoms with Crippen LogP contribution in [-0.4, -0.2) is 53.8 Å². The van der Waals surface area contributed by atoms with Crippen molar-refractivity contribution in [3.05, 3.63) is 60.2 Å². The molecular formula is C17H22N4O2S. The molecule has 3 rings (SSSR count). The molecule has 1 saturated heterocycles. The van der Waals surface area contributed by atoms with Crippen LogP contribution < -0.4 is 0 Å². The average Bonchev–Trinajstić information content (AvgIpc) is 2.62. The fourth-order valence-electron chi connectivity index (χ4n) is 2.93. The summed E-state index contributed by atoms with van der Waals surface area (Å²) in [6.45, 7) is 4.45. The zero-order chi connectivity index (χ0) is 17.0. The van der Waals surface area contributed by atoms with Gasteiger partial charge in [0.1, 0.15) is 5.82 Å². The molecule has 1 unspecified atom stereocenters. The predicted molar refractivity (Wildman–Crippen MR) is 92.7 cm³/mol. The van der Waals surface area contributed by atoms with E-state index >= 15 is 0 Å². The number of sulfonamides is 1. The van der Waals surface area contributed by atoms with Crippen molar-refractivity contribution < 1.29 is 8.42 Å². The Hall–Kier alpha value is -1.83. The van der Waals surface area contributed by atoms with Gasteiger partial charge in [0.15, 0.2) is 0 Å². The zero-order valence-electron chi connectivity index (χ0n) is 13.7. The highest BCUT2D eigenvalue weighted by molar-refractivity contribution is 7.88. The maximum atomic E-state index is 12.6. The summed E-state index contributed by atoms with van der Waals surface area (Å²) < 4.78 is 26.8. The fraction of sp³-hybridized carbons (Fsp3) is 0.412. The number of piperazine rings is 1. The average molecular weight is 346 g/mol. The molecule has 0 saturated carbocycles. The number of hydrogen-bond donors (Lipinski definition) is 0. The fourth-order valence-corrected chi connectivity index (χ4v) is 4.45. The largest absolute Gasteiger partial charge is 0.291 e. The van der Waals surface area contributed by atoms with Crippen LogP contribution in [0.2, 0.25) is 0 Å². The minimum absolute atomic E-state index is 0.0607. The van der Waals surface area contributed by atoms with E-state index in [-0.39, 0.29) is 11.8 Å². The topological polar surface area (TPSA) is 66.4 Å². The van der Waals surface area contributed by atoms with E-state index in [1.54, 1.807) is 22.8 Å². The maximum absolute atomic E-state index is 12.6. The molecule has 6 nitrogen and oxygen atoms in total. The Labute approximate surface area is 143 Å². The van der Waals surface area contributed by atoms with Crippen molar-refractivity contribution in [2.45, 2.75) is 18.7 Å². The maximum Gasteiger partial charge on any atom is 0.218 e. The Kier molecular flexibility index (Phi) is 5.23. The van der Waals surface area contributed by atoms with E-state index in [1.165, 1.54) is 0 Å². The van der Waals surface area contributed by atoms with Crippen molar-refractivity contribution in [2.75, 3.05) is 26.2 Å². The van der Waals surface area contributed by atoms with Crippen molar-refractivity contribution in [3.63, 3.8) is 0 Å². The van der Waals surface area contributed by atoms with Crippen LogP contribution in [0, 0.1) is 0 Å². The second-order valence-electron chi connectivity index (χ2n) is 5.96. The summed E-state index contributed by atoms with van der Waals surface area (Å²) >= 11 is 0. The lowest BCUT2D eigenvalue weighted by molar-refractivity contribution is 0.141. The molecule has 0 bridgehead atoms. The van der Waals surface area contributed by atoms with E-state index in [9.17, 15) is 8.42 Å². The summed E-state index contributed by atoms with van der Waals surface area (Å²) in [5.41, 5.74) is 0.825. The molecule has 1 aliphatic rings. The first-order chi connectivity index (χ1) is 11.6. The van der Waals surface area contributed by atoms with Crippen molar-refractivity contribution in [1.29, 1.82) is 0 Å². The molecule has 1 aromatic heterocycles. The van der Waals surface area contributed by atoms with Gasteiger partial charge in [-0.2, -0.15) is 4.31 Å². The predicted octanol–water partition coefficient (Wildman–Crippen LogP) is 1.69. The van der Waals surface area contributed by atoms with Gasteiger partial charge in [0, 0.05) is 38.6 Å². The molecule has 7 heteroatoms. The smallest absolute Gasteiger partial charge is 0.218 e. The van der Waals surface area contributed by atoms with Crippen LogP contribution in [-0.2, 0) is 15.8 Å². The van der Waals surface area contributed by atoms with Gasteiger partial charge in [0.05, 0.1) is 11.8 Å². The first-order valence-electron chi connectivity index (χ1n) is 8.09. The summed E-state index contributed by atoms with van der Waals surface area (Å²) in [4.78, 5) is 10.8. The Morgan fingerprint density at radius 2 is 1.62 bits per heavy atom. The van der Waals surface area contributed by atoms with Crippen LogP contribution >= 0.6 is 0 Å². The second kappa shape index (κ2) is 7.38. The van der Waals surface area contributed by atoms with Crippen LogP contribution in [0.15, 0.2) is 48.8 Å². The summed E-state index contributed by atoms with van der Waals surface area (Å²) in [7, 11) is -3.27. The SMILES string of the molecule is CC(c1ncccn1)N1CCN(S(=O)(=O)Cc2ccccc2)CC1. The number of rotatable bonds is 5. The second-order valence-corrected chi connectivity index (χ2v) is 7.93. The first kappa shape index (κ1) is 17.0. The van der Waals surface area contributed by atoms with Crippen LogP contribution in [0.5, 0.6) is 0 Å². The van der Waals surface area contributed by atoms with Gasteiger partial charge >= 0.3 is 0 Å². The van der Waals surface area contributed by atoms with Crippen molar-refractivity contribution in [2.24, 2.45) is 0 Å². The van der Waals surface area contributed by atoms with Crippen LogP contribution in [0.25, 0.3) is 0 Å². The minimum Gasteiger partial charge on any atom is -0.291 e. The van der Waals surface area contributed by atoms with Crippen molar-refractivity contribution in [3.8, 4) is 0 Å². The molecule has 1 atom stereocenters. The molecule has 2 heterocycles. The molecule has 2 aromatic rings. The van der Waals surface area contributed by atoms with Gasteiger partial charge in [0.25, 0.3) is 0 Å². The molecule has 0 amide bonds. The van der Waals surface area contributed by atoms with Gasteiger partial charge < -0.3 is 0 Å².